The zero-order valence-electron chi connectivity index (χ0n) is 9.64. The van der Waals surface area contributed by atoms with Crippen LogP contribution in [0.15, 0.2) is 18.3 Å². The minimum absolute atomic E-state index is 0.239. The van der Waals surface area contributed by atoms with Gasteiger partial charge in [-0.25, -0.2) is 4.98 Å². The summed E-state index contributed by atoms with van der Waals surface area (Å²) < 4.78 is 0. The van der Waals surface area contributed by atoms with Crippen LogP contribution in [0.4, 0.5) is 0 Å². The van der Waals surface area contributed by atoms with E-state index in [0.717, 1.165) is 5.56 Å². The Balaban J connectivity index is 1.98. The van der Waals surface area contributed by atoms with Crippen molar-refractivity contribution in [3.63, 3.8) is 0 Å². The van der Waals surface area contributed by atoms with Crippen molar-refractivity contribution in [1.82, 2.24) is 15.6 Å². The quantitative estimate of drug-likeness (QED) is 0.721. The molecular weight excluding hydrogens is 232 g/mol. The monoisotopic (exact) mass is 244 g/mol. The Kier molecular flexibility index (Phi) is 3.65. The number of pyridine rings is 1. The molecular formula is C12H12N4O2. The summed E-state index contributed by atoms with van der Waals surface area (Å²) in [5, 5.41) is 14.2. The van der Waals surface area contributed by atoms with E-state index in [2.05, 4.69) is 15.6 Å². The molecule has 2 amide bonds. The maximum atomic E-state index is 11.5. The predicted octanol–water partition coefficient (Wildman–Crippen LogP) is -0.152. The zero-order chi connectivity index (χ0) is 13.0. The number of imide groups is 1. The molecule has 1 aliphatic heterocycles. The highest BCUT2D eigenvalue weighted by molar-refractivity contribution is 6.00. The number of hydrogen-bond acceptors (Lipinski definition) is 5. The van der Waals surface area contributed by atoms with Crippen molar-refractivity contribution >= 4 is 11.8 Å². The Morgan fingerprint density at radius 3 is 3.11 bits per heavy atom. The summed E-state index contributed by atoms with van der Waals surface area (Å²) in [4.78, 5) is 26.4. The molecule has 1 aromatic heterocycles. The van der Waals surface area contributed by atoms with E-state index in [1.165, 1.54) is 0 Å². The van der Waals surface area contributed by atoms with E-state index in [4.69, 9.17) is 5.26 Å². The van der Waals surface area contributed by atoms with E-state index in [1.807, 2.05) is 6.07 Å². The van der Waals surface area contributed by atoms with Crippen molar-refractivity contribution in [2.75, 3.05) is 0 Å². The van der Waals surface area contributed by atoms with Gasteiger partial charge in [0, 0.05) is 24.7 Å². The molecule has 0 aliphatic carbocycles. The van der Waals surface area contributed by atoms with Crippen LogP contribution in [0.1, 0.15) is 24.1 Å². The van der Waals surface area contributed by atoms with Crippen molar-refractivity contribution in [2.45, 2.75) is 25.4 Å². The van der Waals surface area contributed by atoms with Gasteiger partial charge in [-0.2, -0.15) is 5.26 Å². The molecule has 18 heavy (non-hydrogen) atoms. The first kappa shape index (κ1) is 12.2. The standard InChI is InChI=1S/C12H12N4O2/c13-6-10-8(2-1-5-14-10)7-15-9-3-4-11(17)16-12(9)18/h1-2,5,9,15H,3-4,7H2,(H,16,17,18). The average molecular weight is 244 g/mol. The SMILES string of the molecule is N#Cc1ncccc1CNC1CCC(=O)NC1=O. The van der Waals surface area contributed by atoms with Gasteiger partial charge < -0.3 is 5.32 Å². The Morgan fingerprint density at radius 1 is 1.56 bits per heavy atom. The van der Waals surface area contributed by atoms with Crippen molar-refractivity contribution < 1.29 is 9.59 Å². The van der Waals surface area contributed by atoms with E-state index in [9.17, 15) is 9.59 Å². The highest BCUT2D eigenvalue weighted by Gasteiger charge is 2.25. The van der Waals surface area contributed by atoms with E-state index >= 15 is 0 Å². The van der Waals surface area contributed by atoms with E-state index in [0.29, 0.717) is 25.1 Å². The molecule has 1 aliphatic rings. The number of amides is 2. The number of hydrogen-bond donors (Lipinski definition) is 2. The highest BCUT2D eigenvalue weighted by atomic mass is 16.2. The third-order valence-corrected chi connectivity index (χ3v) is 2.78. The van der Waals surface area contributed by atoms with Gasteiger partial charge >= 0.3 is 0 Å². The first-order valence-corrected chi connectivity index (χ1v) is 5.62. The largest absolute Gasteiger partial charge is 0.302 e. The van der Waals surface area contributed by atoms with Crippen LogP contribution < -0.4 is 10.6 Å². The van der Waals surface area contributed by atoms with Crippen LogP contribution in [0, 0.1) is 11.3 Å². The van der Waals surface area contributed by atoms with Gasteiger partial charge in [0.1, 0.15) is 11.8 Å². The molecule has 0 radical (unpaired) electrons. The number of nitrogens with zero attached hydrogens (tertiary/aromatic N) is 2. The summed E-state index contributed by atoms with van der Waals surface area (Å²) in [7, 11) is 0. The summed E-state index contributed by atoms with van der Waals surface area (Å²) in [6.07, 6.45) is 2.36. The number of piperidine rings is 1. The number of nitriles is 1. The Hall–Kier alpha value is -2.26. The lowest BCUT2D eigenvalue weighted by molar-refractivity contribution is -0.134. The van der Waals surface area contributed by atoms with Gasteiger partial charge in [0.05, 0.1) is 6.04 Å². The topological polar surface area (TPSA) is 94.9 Å². The van der Waals surface area contributed by atoms with Crippen LogP contribution >= 0.6 is 0 Å². The fourth-order valence-electron chi connectivity index (χ4n) is 1.80. The molecule has 2 N–H and O–H groups in total. The lowest BCUT2D eigenvalue weighted by Gasteiger charge is -2.21. The van der Waals surface area contributed by atoms with E-state index < -0.39 is 6.04 Å². The second kappa shape index (κ2) is 5.38. The highest BCUT2D eigenvalue weighted by Crippen LogP contribution is 2.08. The fourth-order valence-corrected chi connectivity index (χ4v) is 1.80. The first-order chi connectivity index (χ1) is 8.70. The molecule has 1 fully saturated rings. The summed E-state index contributed by atoms with van der Waals surface area (Å²) in [6, 6.07) is 5.12. The maximum Gasteiger partial charge on any atom is 0.243 e. The number of carbonyl (C=O) groups is 2. The molecule has 2 heterocycles. The Morgan fingerprint density at radius 2 is 2.39 bits per heavy atom. The third kappa shape index (κ3) is 2.70. The van der Waals surface area contributed by atoms with Gasteiger partial charge in [0.2, 0.25) is 11.8 Å². The molecule has 92 valence electrons. The lowest BCUT2D eigenvalue weighted by atomic mass is 10.1. The maximum absolute atomic E-state index is 11.5. The molecule has 0 aromatic carbocycles. The van der Waals surface area contributed by atoms with Crippen molar-refractivity contribution in [3.8, 4) is 6.07 Å². The molecule has 1 atom stereocenters. The molecule has 6 nitrogen and oxygen atoms in total. The van der Waals surface area contributed by atoms with Crippen LogP contribution in [0.25, 0.3) is 0 Å². The van der Waals surface area contributed by atoms with Crippen LogP contribution in [-0.4, -0.2) is 22.8 Å². The fraction of sp³-hybridized carbons (Fsp3) is 0.333. The zero-order valence-corrected chi connectivity index (χ0v) is 9.64. The second-order valence-electron chi connectivity index (χ2n) is 4.01. The smallest absolute Gasteiger partial charge is 0.243 e. The van der Waals surface area contributed by atoms with E-state index in [-0.39, 0.29) is 11.8 Å². The Bertz CT molecular complexity index is 521. The van der Waals surface area contributed by atoms with Gasteiger partial charge in [0.15, 0.2) is 0 Å². The molecule has 6 heteroatoms. The van der Waals surface area contributed by atoms with Crippen molar-refractivity contribution in [1.29, 1.82) is 5.26 Å². The number of aromatic nitrogens is 1. The van der Waals surface area contributed by atoms with Gasteiger partial charge in [-0.05, 0) is 12.5 Å². The number of nitrogens with one attached hydrogen (secondary N) is 2. The van der Waals surface area contributed by atoms with Gasteiger partial charge in [0.25, 0.3) is 0 Å². The first-order valence-electron chi connectivity index (χ1n) is 5.62. The van der Waals surface area contributed by atoms with Crippen LogP contribution in [0.5, 0.6) is 0 Å². The molecule has 0 bridgehead atoms. The minimum Gasteiger partial charge on any atom is -0.302 e. The predicted molar refractivity (Wildman–Crippen MR) is 62.0 cm³/mol. The lowest BCUT2D eigenvalue weighted by Crippen LogP contribution is -2.50. The van der Waals surface area contributed by atoms with Gasteiger partial charge in [-0.3, -0.25) is 14.9 Å². The van der Waals surface area contributed by atoms with Crippen LogP contribution in [-0.2, 0) is 16.1 Å². The Labute approximate surface area is 104 Å². The van der Waals surface area contributed by atoms with E-state index in [1.54, 1.807) is 18.3 Å². The summed E-state index contributed by atoms with van der Waals surface area (Å²) in [5.74, 6) is -0.550. The summed E-state index contributed by atoms with van der Waals surface area (Å²) in [5.41, 5.74) is 1.09. The molecule has 0 spiro atoms. The van der Waals surface area contributed by atoms with Crippen LogP contribution in [0.2, 0.25) is 0 Å². The summed E-state index contributed by atoms with van der Waals surface area (Å²) >= 11 is 0. The molecule has 2 rings (SSSR count). The van der Waals surface area contributed by atoms with Gasteiger partial charge in [-0.1, -0.05) is 6.07 Å². The van der Waals surface area contributed by atoms with Crippen LogP contribution in [0.3, 0.4) is 0 Å². The minimum atomic E-state index is -0.394. The molecule has 1 aromatic rings. The number of rotatable bonds is 3. The second-order valence-corrected chi connectivity index (χ2v) is 4.01. The average Bonchev–Trinajstić information content (AvgIpc) is 2.38. The third-order valence-electron chi connectivity index (χ3n) is 2.78. The van der Waals surface area contributed by atoms with Gasteiger partial charge in [-0.15, -0.1) is 0 Å². The van der Waals surface area contributed by atoms with Crippen molar-refractivity contribution in [2.24, 2.45) is 0 Å². The molecule has 0 saturated carbocycles. The summed E-state index contributed by atoms with van der Waals surface area (Å²) in [6.45, 7) is 0.378. The molecule has 1 unspecified atom stereocenters. The molecule has 1 saturated heterocycles. The van der Waals surface area contributed by atoms with Crippen molar-refractivity contribution in [3.05, 3.63) is 29.6 Å². The number of carbonyl (C=O) groups excluding carboxylic acids is 2. The normalized spacial score (nSPS) is 19.2.